The quantitative estimate of drug-likeness (QED) is 0.831. The van der Waals surface area contributed by atoms with Gasteiger partial charge in [-0.1, -0.05) is 13.8 Å². The van der Waals surface area contributed by atoms with Crippen molar-refractivity contribution in [2.24, 2.45) is 27.9 Å². The number of rotatable bonds is 4. The molecule has 2 unspecified atom stereocenters. The highest BCUT2D eigenvalue weighted by Gasteiger charge is 2.60. The summed E-state index contributed by atoms with van der Waals surface area (Å²) in [6, 6.07) is 0.0996. The molecule has 4 aliphatic carbocycles. The second-order valence-corrected chi connectivity index (χ2v) is 9.01. The van der Waals surface area contributed by atoms with Crippen molar-refractivity contribution in [1.82, 2.24) is 5.32 Å². The number of hydrogen-bond donors (Lipinski definition) is 2. The molecule has 0 radical (unpaired) electrons. The SMILES string of the molecule is C[C@H](CN)NC(=O)CC12CC3CC(C)(CC(C)(C3)C1)C2. The Balaban J connectivity index is 1.74. The predicted molar refractivity (Wildman–Crippen MR) is 81.1 cm³/mol. The number of nitrogens with one attached hydrogen (secondary N) is 1. The lowest BCUT2D eigenvalue weighted by atomic mass is 9.40. The van der Waals surface area contributed by atoms with Gasteiger partial charge in [0, 0.05) is 19.0 Å². The molecule has 0 saturated heterocycles. The minimum absolute atomic E-state index is 0.0996. The van der Waals surface area contributed by atoms with Crippen molar-refractivity contribution in [1.29, 1.82) is 0 Å². The van der Waals surface area contributed by atoms with Crippen LogP contribution >= 0.6 is 0 Å². The van der Waals surface area contributed by atoms with Crippen LogP contribution in [0.25, 0.3) is 0 Å². The van der Waals surface area contributed by atoms with Gasteiger partial charge in [0.15, 0.2) is 0 Å². The van der Waals surface area contributed by atoms with E-state index in [4.69, 9.17) is 5.73 Å². The number of carbonyl (C=O) groups is 1. The maximum Gasteiger partial charge on any atom is 0.220 e. The molecule has 3 heteroatoms. The average molecular weight is 278 g/mol. The van der Waals surface area contributed by atoms with Crippen LogP contribution in [0.5, 0.6) is 0 Å². The fourth-order valence-electron chi connectivity index (χ4n) is 6.61. The molecule has 0 spiro atoms. The fraction of sp³-hybridized carbons (Fsp3) is 0.941. The number of amides is 1. The second-order valence-electron chi connectivity index (χ2n) is 9.01. The highest BCUT2D eigenvalue weighted by molar-refractivity contribution is 5.77. The zero-order valence-corrected chi connectivity index (χ0v) is 13.3. The molecule has 4 fully saturated rings. The van der Waals surface area contributed by atoms with Gasteiger partial charge in [-0.3, -0.25) is 4.79 Å². The Labute approximate surface area is 123 Å². The molecule has 1 amide bonds. The highest BCUT2D eigenvalue weighted by atomic mass is 16.1. The van der Waals surface area contributed by atoms with Crippen LogP contribution in [0.1, 0.15) is 65.7 Å². The van der Waals surface area contributed by atoms with Crippen molar-refractivity contribution in [3.63, 3.8) is 0 Å². The first kappa shape index (κ1) is 14.4. The van der Waals surface area contributed by atoms with E-state index < -0.39 is 0 Å². The highest BCUT2D eigenvalue weighted by Crippen LogP contribution is 2.70. The maximum atomic E-state index is 12.3. The van der Waals surface area contributed by atoms with Gasteiger partial charge in [0.05, 0.1) is 0 Å². The van der Waals surface area contributed by atoms with Crippen LogP contribution in [0.15, 0.2) is 0 Å². The van der Waals surface area contributed by atoms with Gasteiger partial charge in [-0.2, -0.15) is 0 Å². The molecule has 0 aromatic rings. The minimum Gasteiger partial charge on any atom is -0.352 e. The van der Waals surface area contributed by atoms with Gasteiger partial charge in [0.25, 0.3) is 0 Å². The monoisotopic (exact) mass is 278 g/mol. The van der Waals surface area contributed by atoms with Crippen LogP contribution in [0.4, 0.5) is 0 Å². The lowest BCUT2D eigenvalue weighted by Crippen LogP contribution is -2.56. The van der Waals surface area contributed by atoms with Crippen LogP contribution in [0, 0.1) is 22.2 Å². The van der Waals surface area contributed by atoms with Crippen molar-refractivity contribution in [3.8, 4) is 0 Å². The van der Waals surface area contributed by atoms with E-state index in [0.717, 1.165) is 12.3 Å². The summed E-state index contributed by atoms with van der Waals surface area (Å²) in [6.07, 6.45) is 8.68. The Kier molecular flexibility index (Phi) is 3.20. The molecule has 3 atom stereocenters. The van der Waals surface area contributed by atoms with Gasteiger partial charge in [0.2, 0.25) is 5.91 Å². The first-order valence-electron chi connectivity index (χ1n) is 8.25. The number of carbonyl (C=O) groups excluding carboxylic acids is 1. The second kappa shape index (κ2) is 4.46. The van der Waals surface area contributed by atoms with Crippen LogP contribution in [-0.2, 0) is 4.79 Å². The van der Waals surface area contributed by atoms with Gasteiger partial charge >= 0.3 is 0 Å². The third-order valence-corrected chi connectivity index (χ3v) is 6.04. The van der Waals surface area contributed by atoms with Crippen molar-refractivity contribution in [2.45, 2.75) is 71.8 Å². The van der Waals surface area contributed by atoms with Crippen molar-refractivity contribution in [2.75, 3.05) is 6.54 Å². The summed E-state index contributed by atoms with van der Waals surface area (Å²) in [7, 11) is 0. The first-order valence-corrected chi connectivity index (χ1v) is 8.25. The van der Waals surface area contributed by atoms with Crippen LogP contribution < -0.4 is 11.1 Å². The van der Waals surface area contributed by atoms with Gasteiger partial charge in [-0.05, 0) is 67.6 Å². The van der Waals surface area contributed by atoms with Gasteiger partial charge in [0.1, 0.15) is 0 Å². The predicted octanol–water partition coefficient (Wildman–Crippen LogP) is 2.84. The molecule has 0 aromatic carbocycles. The number of hydrogen-bond acceptors (Lipinski definition) is 2. The summed E-state index contributed by atoms with van der Waals surface area (Å²) in [4.78, 5) is 12.3. The van der Waals surface area contributed by atoms with Crippen LogP contribution in [0.3, 0.4) is 0 Å². The molecular formula is C17H30N2O. The van der Waals surface area contributed by atoms with E-state index in [1.54, 1.807) is 0 Å². The van der Waals surface area contributed by atoms with Crippen LogP contribution in [-0.4, -0.2) is 18.5 Å². The largest absolute Gasteiger partial charge is 0.352 e. The summed E-state index contributed by atoms with van der Waals surface area (Å²) in [6.45, 7) is 7.44. The fourth-order valence-corrected chi connectivity index (χ4v) is 6.61. The van der Waals surface area contributed by atoms with E-state index >= 15 is 0 Å². The normalized spacial score (nSPS) is 47.3. The van der Waals surface area contributed by atoms with Gasteiger partial charge in [-0.25, -0.2) is 0 Å². The lowest BCUT2D eigenvalue weighted by Gasteiger charge is -2.65. The van der Waals surface area contributed by atoms with Crippen molar-refractivity contribution in [3.05, 3.63) is 0 Å². The summed E-state index contributed by atoms with van der Waals surface area (Å²) in [5.41, 5.74) is 6.88. The lowest BCUT2D eigenvalue weighted by molar-refractivity contribution is -0.156. The van der Waals surface area contributed by atoms with Crippen molar-refractivity contribution < 1.29 is 4.79 Å². The maximum absolute atomic E-state index is 12.3. The summed E-state index contributed by atoms with van der Waals surface area (Å²) >= 11 is 0. The molecule has 0 aromatic heterocycles. The van der Waals surface area contributed by atoms with E-state index in [0.29, 0.717) is 17.4 Å². The zero-order chi connectivity index (χ0) is 14.6. The molecule has 20 heavy (non-hydrogen) atoms. The summed E-state index contributed by atoms with van der Waals surface area (Å²) in [5, 5.41) is 3.07. The smallest absolute Gasteiger partial charge is 0.220 e. The van der Waals surface area contributed by atoms with Gasteiger partial charge in [-0.15, -0.1) is 0 Å². The number of nitrogens with two attached hydrogens (primary N) is 1. The van der Waals surface area contributed by atoms with E-state index in [9.17, 15) is 4.79 Å². The third kappa shape index (κ3) is 2.49. The molecular weight excluding hydrogens is 248 g/mol. The average Bonchev–Trinajstić information content (AvgIpc) is 2.22. The Morgan fingerprint density at radius 1 is 1.20 bits per heavy atom. The van der Waals surface area contributed by atoms with E-state index in [2.05, 4.69) is 19.2 Å². The standard InChI is InChI=1S/C17H30N2O/c1-12(8-18)19-14(20)7-17-6-13-4-15(2,10-17)9-16(3,5-13)11-17/h12-13H,4-11,18H2,1-3H3,(H,19,20)/t12-,13?,15?,16?,17?/m1/s1. The summed E-state index contributed by atoms with van der Waals surface area (Å²) in [5.74, 6) is 1.08. The topological polar surface area (TPSA) is 55.1 Å². The first-order chi connectivity index (χ1) is 9.26. The zero-order valence-electron chi connectivity index (χ0n) is 13.3. The van der Waals surface area contributed by atoms with E-state index in [1.165, 1.54) is 38.5 Å². The van der Waals surface area contributed by atoms with E-state index in [-0.39, 0.29) is 17.4 Å². The molecule has 3 nitrogen and oxygen atoms in total. The Morgan fingerprint density at radius 3 is 2.30 bits per heavy atom. The Morgan fingerprint density at radius 2 is 1.80 bits per heavy atom. The molecule has 4 aliphatic rings. The molecule has 4 rings (SSSR count). The Hall–Kier alpha value is -0.570. The van der Waals surface area contributed by atoms with Crippen molar-refractivity contribution >= 4 is 5.91 Å². The molecule has 114 valence electrons. The molecule has 0 aliphatic heterocycles. The Bertz CT molecular complexity index is 401. The third-order valence-electron chi connectivity index (χ3n) is 6.04. The summed E-state index contributed by atoms with van der Waals surface area (Å²) < 4.78 is 0. The van der Waals surface area contributed by atoms with Crippen LogP contribution in [0.2, 0.25) is 0 Å². The van der Waals surface area contributed by atoms with E-state index in [1.807, 2.05) is 6.92 Å². The van der Waals surface area contributed by atoms with Gasteiger partial charge < -0.3 is 11.1 Å². The minimum atomic E-state index is 0.0996. The molecule has 4 saturated carbocycles. The molecule has 4 bridgehead atoms. The molecule has 0 heterocycles. The molecule has 3 N–H and O–H groups in total.